The maximum atomic E-state index is 12.2. The zero-order valence-corrected chi connectivity index (χ0v) is 14.0. The Morgan fingerprint density at radius 1 is 1.08 bits per heavy atom. The first kappa shape index (κ1) is 17.5. The van der Waals surface area contributed by atoms with Crippen molar-refractivity contribution in [1.29, 1.82) is 0 Å². The summed E-state index contributed by atoms with van der Waals surface area (Å²) in [5, 5.41) is 5.55. The lowest BCUT2D eigenvalue weighted by Crippen LogP contribution is -2.25. The van der Waals surface area contributed by atoms with Gasteiger partial charge in [-0.25, -0.2) is 0 Å². The summed E-state index contributed by atoms with van der Waals surface area (Å²) in [4.78, 5) is 23.2. The third kappa shape index (κ3) is 5.43. The lowest BCUT2D eigenvalue weighted by molar-refractivity contribution is -0.114. The molecule has 0 fully saturated rings. The summed E-state index contributed by atoms with van der Waals surface area (Å²) in [6.45, 7) is 4.57. The van der Waals surface area contributed by atoms with Crippen molar-refractivity contribution in [2.24, 2.45) is 0 Å². The van der Waals surface area contributed by atoms with E-state index in [4.69, 9.17) is 4.74 Å². The van der Waals surface area contributed by atoms with Gasteiger partial charge in [0.15, 0.2) is 0 Å². The van der Waals surface area contributed by atoms with E-state index < -0.39 is 0 Å². The van der Waals surface area contributed by atoms with E-state index in [1.165, 1.54) is 6.92 Å². The number of benzene rings is 2. The molecule has 2 aromatic rings. The monoisotopic (exact) mass is 326 g/mol. The van der Waals surface area contributed by atoms with Crippen LogP contribution >= 0.6 is 0 Å². The third-order valence-electron chi connectivity index (χ3n) is 3.38. The van der Waals surface area contributed by atoms with Crippen LogP contribution in [0.2, 0.25) is 0 Å². The fourth-order valence-corrected chi connectivity index (χ4v) is 2.28. The molecule has 0 atom stereocenters. The molecule has 2 aromatic carbocycles. The molecule has 0 bridgehead atoms. The standard InChI is InChI=1S/C19H22N2O3/c1-3-24-18-9-7-15(8-10-18)11-12-20-19(23)16-5-4-6-17(13-16)21-14(2)22/h4-10,13H,3,11-12H2,1-2H3,(H,20,23)(H,21,22). The maximum Gasteiger partial charge on any atom is 0.251 e. The highest BCUT2D eigenvalue weighted by atomic mass is 16.5. The van der Waals surface area contributed by atoms with Gasteiger partial charge in [-0.1, -0.05) is 18.2 Å². The second kappa shape index (κ2) is 8.72. The topological polar surface area (TPSA) is 67.4 Å². The van der Waals surface area contributed by atoms with E-state index in [1.54, 1.807) is 24.3 Å². The Hall–Kier alpha value is -2.82. The van der Waals surface area contributed by atoms with E-state index in [1.807, 2.05) is 31.2 Å². The highest BCUT2D eigenvalue weighted by Crippen LogP contribution is 2.13. The van der Waals surface area contributed by atoms with E-state index >= 15 is 0 Å². The van der Waals surface area contributed by atoms with Crippen molar-refractivity contribution in [2.75, 3.05) is 18.5 Å². The zero-order chi connectivity index (χ0) is 17.4. The summed E-state index contributed by atoms with van der Waals surface area (Å²) in [5.74, 6) is 0.524. The average Bonchev–Trinajstić information content (AvgIpc) is 2.56. The van der Waals surface area contributed by atoms with E-state index in [0.717, 1.165) is 17.7 Å². The van der Waals surface area contributed by atoms with Gasteiger partial charge in [-0.15, -0.1) is 0 Å². The minimum atomic E-state index is -0.164. The van der Waals surface area contributed by atoms with Gasteiger partial charge in [0, 0.05) is 24.7 Å². The molecule has 2 rings (SSSR count). The van der Waals surface area contributed by atoms with Crippen molar-refractivity contribution < 1.29 is 14.3 Å². The van der Waals surface area contributed by atoms with Gasteiger partial charge in [0.1, 0.15) is 5.75 Å². The van der Waals surface area contributed by atoms with Crippen LogP contribution in [0, 0.1) is 0 Å². The predicted octanol–water partition coefficient (Wildman–Crippen LogP) is 3.02. The van der Waals surface area contributed by atoms with Crippen molar-refractivity contribution >= 4 is 17.5 Å². The molecule has 0 heterocycles. The highest BCUT2D eigenvalue weighted by Gasteiger charge is 2.06. The number of hydrogen-bond acceptors (Lipinski definition) is 3. The second-order valence-electron chi connectivity index (χ2n) is 5.34. The van der Waals surface area contributed by atoms with Gasteiger partial charge in [0.25, 0.3) is 5.91 Å². The number of rotatable bonds is 7. The van der Waals surface area contributed by atoms with E-state index in [-0.39, 0.29) is 11.8 Å². The maximum absolute atomic E-state index is 12.2. The van der Waals surface area contributed by atoms with Crippen molar-refractivity contribution in [3.63, 3.8) is 0 Å². The van der Waals surface area contributed by atoms with Gasteiger partial charge in [-0.05, 0) is 49.2 Å². The molecular weight excluding hydrogens is 304 g/mol. The van der Waals surface area contributed by atoms with Crippen molar-refractivity contribution in [3.8, 4) is 5.75 Å². The molecule has 0 aliphatic rings. The van der Waals surface area contributed by atoms with Crippen molar-refractivity contribution in [2.45, 2.75) is 20.3 Å². The second-order valence-corrected chi connectivity index (χ2v) is 5.34. The SMILES string of the molecule is CCOc1ccc(CCNC(=O)c2cccc(NC(C)=O)c2)cc1. The smallest absolute Gasteiger partial charge is 0.251 e. The molecule has 0 aliphatic heterocycles. The largest absolute Gasteiger partial charge is 0.494 e. The number of anilines is 1. The molecule has 0 unspecified atom stereocenters. The summed E-state index contributed by atoms with van der Waals surface area (Å²) >= 11 is 0. The van der Waals surface area contributed by atoms with Crippen LogP contribution in [-0.2, 0) is 11.2 Å². The van der Waals surface area contributed by atoms with Gasteiger partial charge in [0.2, 0.25) is 5.91 Å². The Kier molecular flexibility index (Phi) is 6.37. The molecule has 0 radical (unpaired) electrons. The molecule has 5 nitrogen and oxygen atoms in total. The normalized spacial score (nSPS) is 10.1. The molecule has 2 N–H and O–H groups in total. The van der Waals surface area contributed by atoms with Crippen LogP contribution in [0.4, 0.5) is 5.69 Å². The fraction of sp³-hybridized carbons (Fsp3) is 0.263. The first-order valence-electron chi connectivity index (χ1n) is 7.96. The van der Waals surface area contributed by atoms with Crippen LogP contribution in [0.5, 0.6) is 5.75 Å². The summed E-state index contributed by atoms with van der Waals surface area (Å²) in [7, 11) is 0. The quantitative estimate of drug-likeness (QED) is 0.822. The van der Waals surface area contributed by atoms with Crippen LogP contribution < -0.4 is 15.4 Å². The molecule has 0 saturated carbocycles. The molecule has 0 aliphatic carbocycles. The van der Waals surface area contributed by atoms with Crippen LogP contribution in [-0.4, -0.2) is 25.0 Å². The predicted molar refractivity (Wildman–Crippen MR) is 94.4 cm³/mol. The van der Waals surface area contributed by atoms with Crippen LogP contribution in [0.3, 0.4) is 0 Å². The molecule has 5 heteroatoms. The summed E-state index contributed by atoms with van der Waals surface area (Å²) in [5.41, 5.74) is 2.26. The summed E-state index contributed by atoms with van der Waals surface area (Å²) < 4.78 is 5.40. The minimum absolute atomic E-state index is 0.159. The number of nitrogens with one attached hydrogen (secondary N) is 2. The van der Waals surface area contributed by atoms with Gasteiger partial charge in [-0.2, -0.15) is 0 Å². The number of carbonyl (C=O) groups is 2. The molecule has 2 amide bonds. The van der Waals surface area contributed by atoms with Crippen molar-refractivity contribution in [3.05, 3.63) is 59.7 Å². The third-order valence-corrected chi connectivity index (χ3v) is 3.38. The van der Waals surface area contributed by atoms with Gasteiger partial charge in [-0.3, -0.25) is 9.59 Å². The van der Waals surface area contributed by atoms with Crippen LogP contribution in [0.25, 0.3) is 0 Å². The zero-order valence-electron chi connectivity index (χ0n) is 14.0. The average molecular weight is 326 g/mol. The van der Waals surface area contributed by atoms with Crippen LogP contribution in [0.1, 0.15) is 29.8 Å². The first-order valence-corrected chi connectivity index (χ1v) is 7.96. The van der Waals surface area contributed by atoms with E-state index in [2.05, 4.69) is 10.6 Å². The summed E-state index contributed by atoms with van der Waals surface area (Å²) in [6, 6.07) is 14.7. The van der Waals surface area contributed by atoms with Gasteiger partial charge >= 0.3 is 0 Å². The van der Waals surface area contributed by atoms with E-state index in [9.17, 15) is 9.59 Å². The molecule has 0 aromatic heterocycles. The van der Waals surface area contributed by atoms with Gasteiger partial charge < -0.3 is 15.4 Å². The molecule has 0 spiro atoms. The molecule has 126 valence electrons. The minimum Gasteiger partial charge on any atom is -0.494 e. The first-order chi connectivity index (χ1) is 11.6. The Labute approximate surface area is 142 Å². The molecule has 24 heavy (non-hydrogen) atoms. The Balaban J connectivity index is 1.85. The Morgan fingerprint density at radius 3 is 2.50 bits per heavy atom. The lowest BCUT2D eigenvalue weighted by atomic mass is 10.1. The number of carbonyl (C=O) groups excluding carboxylic acids is 2. The summed E-state index contributed by atoms with van der Waals surface area (Å²) in [6.07, 6.45) is 0.740. The van der Waals surface area contributed by atoms with Crippen LogP contribution in [0.15, 0.2) is 48.5 Å². The van der Waals surface area contributed by atoms with Gasteiger partial charge in [0.05, 0.1) is 6.61 Å². The highest BCUT2D eigenvalue weighted by molar-refractivity contribution is 5.96. The van der Waals surface area contributed by atoms with E-state index in [0.29, 0.717) is 24.4 Å². The number of ether oxygens (including phenoxy) is 1. The lowest BCUT2D eigenvalue weighted by Gasteiger charge is -2.08. The Morgan fingerprint density at radius 2 is 1.83 bits per heavy atom. The molecule has 0 saturated heterocycles. The molecular formula is C19H22N2O3. The number of hydrogen-bond donors (Lipinski definition) is 2. The Bertz CT molecular complexity index is 696. The van der Waals surface area contributed by atoms with Crippen molar-refractivity contribution in [1.82, 2.24) is 5.32 Å². The number of amides is 2. The fourth-order valence-electron chi connectivity index (χ4n) is 2.28.